The average Bonchev–Trinajstić information content (AvgIpc) is 3.28. The van der Waals surface area contributed by atoms with Gasteiger partial charge in [-0.2, -0.15) is 0 Å². The van der Waals surface area contributed by atoms with Crippen molar-refractivity contribution in [1.29, 1.82) is 0 Å². The first-order valence-corrected chi connectivity index (χ1v) is 12.5. The summed E-state index contributed by atoms with van der Waals surface area (Å²) in [7, 11) is 1.81. The lowest BCUT2D eigenvalue weighted by atomic mass is 9.91. The van der Waals surface area contributed by atoms with E-state index in [1.165, 1.54) is 11.8 Å². The molecular weight excluding hydrogens is 468 g/mol. The van der Waals surface area contributed by atoms with Gasteiger partial charge in [-0.3, -0.25) is 0 Å². The molecule has 0 radical (unpaired) electrons. The van der Waals surface area contributed by atoms with Crippen LogP contribution in [0.5, 0.6) is 0 Å². The topological polar surface area (TPSA) is 123 Å². The van der Waals surface area contributed by atoms with E-state index in [4.69, 9.17) is 9.47 Å². The van der Waals surface area contributed by atoms with Gasteiger partial charge in [-0.25, -0.2) is 9.48 Å². The van der Waals surface area contributed by atoms with Gasteiger partial charge in [-0.15, -0.1) is 5.10 Å². The normalized spacial score (nSPS) is 22.1. The number of urea groups is 1. The Bertz CT molecular complexity index is 1110. The first-order chi connectivity index (χ1) is 17.0. The molecule has 186 valence electrons. The number of nitrogens with zero attached hydrogens (tertiary/aromatic N) is 4. The lowest BCUT2D eigenvalue weighted by Gasteiger charge is -2.41. The molecule has 4 atom stereocenters. The van der Waals surface area contributed by atoms with Crippen LogP contribution < -0.4 is 10.6 Å². The summed E-state index contributed by atoms with van der Waals surface area (Å²) >= 11 is 1.54. The van der Waals surface area contributed by atoms with E-state index in [-0.39, 0.29) is 30.8 Å². The lowest BCUT2D eigenvalue weighted by Crippen LogP contribution is -2.38. The minimum atomic E-state index is -0.588. The van der Waals surface area contributed by atoms with Crippen LogP contribution >= 0.6 is 11.8 Å². The van der Waals surface area contributed by atoms with Crippen LogP contribution in [0.3, 0.4) is 0 Å². The number of tetrazole rings is 1. The van der Waals surface area contributed by atoms with Crippen LogP contribution in [0, 0.1) is 5.92 Å². The number of carbonyl (C=O) groups is 1. The number of hydrogen-bond donors (Lipinski definition) is 3. The average molecular weight is 499 g/mol. The minimum absolute atomic E-state index is 0.00520. The monoisotopic (exact) mass is 498 g/mol. The van der Waals surface area contributed by atoms with Gasteiger partial charge in [0.2, 0.25) is 5.16 Å². The molecule has 0 saturated carbocycles. The number of aryl methyl sites for hydroxylation is 1. The van der Waals surface area contributed by atoms with Gasteiger partial charge in [0, 0.05) is 36.5 Å². The Hall–Kier alpha value is -2.99. The third-order valence-corrected chi connectivity index (χ3v) is 6.96. The molecule has 1 aromatic heterocycles. The maximum atomic E-state index is 11.8. The second kappa shape index (κ2) is 11.6. The molecule has 10 nitrogen and oxygen atoms in total. The number of thioether (sulfide) groups is 1. The van der Waals surface area contributed by atoms with Gasteiger partial charge in [0.05, 0.1) is 18.8 Å². The van der Waals surface area contributed by atoms with Gasteiger partial charge < -0.3 is 25.2 Å². The van der Waals surface area contributed by atoms with Crippen molar-refractivity contribution >= 4 is 23.5 Å². The van der Waals surface area contributed by atoms with E-state index in [9.17, 15) is 9.90 Å². The third-order valence-electron chi connectivity index (χ3n) is 5.86. The Balaban J connectivity index is 1.54. The number of anilines is 1. The van der Waals surface area contributed by atoms with Crippen LogP contribution in [0.1, 0.15) is 42.9 Å². The molecule has 2 amide bonds. The summed E-state index contributed by atoms with van der Waals surface area (Å²) in [6.07, 6.45) is -0.931. The second-order valence-corrected chi connectivity index (χ2v) is 9.31. The van der Waals surface area contributed by atoms with Gasteiger partial charge in [0.1, 0.15) is 0 Å². The number of amides is 2. The van der Waals surface area contributed by atoms with E-state index in [1.54, 1.807) is 11.7 Å². The Kier molecular flexibility index (Phi) is 8.34. The molecule has 11 heteroatoms. The van der Waals surface area contributed by atoms with Crippen LogP contribution in [0.4, 0.5) is 10.5 Å². The first-order valence-electron chi connectivity index (χ1n) is 11.5. The number of nitrogens with one attached hydrogen (secondary N) is 2. The van der Waals surface area contributed by atoms with Crippen LogP contribution in [-0.2, 0) is 23.1 Å². The molecule has 3 aromatic rings. The van der Waals surface area contributed by atoms with E-state index in [2.05, 4.69) is 33.1 Å². The fourth-order valence-electron chi connectivity index (χ4n) is 3.87. The largest absolute Gasteiger partial charge is 0.392 e. The molecule has 1 aliphatic rings. The minimum Gasteiger partial charge on any atom is -0.392 e. The van der Waals surface area contributed by atoms with Gasteiger partial charge in [0.25, 0.3) is 0 Å². The second-order valence-electron chi connectivity index (χ2n) is 8.32. The number of ether oxygens (including phenoxy) is 2. The molecule has 35 heavy (non-hydrogen) atoms. The first kappa shape index (κ1) is 25.1. The number of aliphatic hydroxyl groups is 1. The third kappa shape index (κ3) is 6.17. The summed E-state index contributed by atoms with van der Waals surface area (Å²) in [6.45, 7) is 4.52. The van der Waals surface area contributed by atoms with Gasteiger partial charge in [-0.1, -0.05) is 55.1 Å². The molecule has 2 aromatic carbocycles. The molecular formula is C24H30N6O4S. The molecule has 0 spiro atoms. The van der Waals surface area contributed by atoms with Crippen molar-refractivity contribution in [2.45, 2.75) is 44.1 Å². The zero-order valence-corrected chi connectivity index (χ0v) is 20.7. The number of aromatic nitrogens is 4. The Morgan fingerprint density at radius 2 is 1.83 bits per heavy atom. The highest BCUT2D eigenvalue weighted by atomic mass is 32.2. The summed E-state index contributed by atoms with van der Waals surface area (Å²) in [5.74, 6) is 0.704. The van der Waals surface area contributed by atoms with Crippen molar-refractivity contribution < 1.29 is 19.4 Å². The standard InChI is InChI=1S/C24H30N6O4S/c1-4-25-23(32)26-19-11-9-18(10-12-19)22-33-20(14-35-24-27-28-29-30(24)3)15(2)21(34-22)17-7-5-16(13-31)6-8-17/h5-12,15,20-22,31H,4,13-14H2,1-3H3,(H2,25,26,32)/t15-,20+,21+,22+/m1/s1. The SMILES string of the molecule is CCNC(=O)Nc1ccc([C@H]2O[C@@H](CSc3nnnn3C)[C@@H](C)[C@@H](c3ccc(CO)cc3)O2)cc1. The van der Waals surface area contributed by atoms with E-state index in [1.807, 2.05) is 55.5 Å². The Morgan fingerprint density at radius 1 is 1.11 bits per heavy atom. The van der Waals surface area contributed by atoms with Crippen LogP contribution in [0.25, 0.3) is 0 Å². The van der Waals surface area contributed by atoms with Crippen molar-refractivity contribution in [3.63, 3.8) is 0 Å². The summed E-state index contributed by atoms with van der Waals surface area (Å²) < 4.78 is 14.5. The summed E-state index contributed by atoms with van der Waals surface area (Å²) in [6, 6.07) is 15.0. The summed E-state index contributed by atoms with van der Waals surface area (Å²) in [4.78, 5) is 11.8. The zero-order chi connectivity index (χ0) is 24.8. The number of hydrogen-bond acceptors (Lipinski definition) is 8. The number of aliphatic hydroxyl groups excluding tert-OH is 1. The molecule has 4 rings (SSSR count). The summed E-state index contributed by atoms with van der Waals surface area (Å²) in [5.41, 5.74) is 3.41. The molecule has 1 aliphatic heterocycles. The van der Waals surface area contributed by atoms with E-state index < -0.39 is 6.29 Å². The molecule has 0 bridgehead atoms. The van der Waals surface area contributed by atoms with E-state index in [0.717, 1.165) is 16.7 Å². The van der Waals surface area contributed by atoms with Crippen LogP contribution in [0.2, 0.25) is 0 Å². The molecule has 2 heterocycles. The Morgan fingerprint density at radius 3 is 2.46 bits per heavy atom. The van der Waals surface area contributed by atoms with Crippen LogP contribution in [-0.4, -0.2) is 49.7 Å². The zero-order valence-electron chi connectivity index (χ0n) is 19.9. The van der Waals surface area contributed by atoms with Crippen molar-refractivity contribution in [3.8, 4) is 0 Å². The van der Waals surface area contributed by atoms with Gasteiger partial charge >= 0.3 is 6.03 Å². The van der Waals surface area contributed by atoms with E-state index in [0.29, 0.717) is 23.1 Å². The molecule has 1 saturated heterocycles. The molecule has 0 aliphatic carbocycles. The Labute approximate surface area is 208 Å². The maximum Gasteiger partial charge on any atom is 0.319 e. The fraction of sp³-hybridized carbons (Fsp3) is 0.417. The predicted octanol–water partition coefficient (Wildman–Crippen LogP) is 3.43. The van der Waals surface area contributed by atoms with Crippen LogP contribution in [0.15, 0.2) is 53.7 Å². The molecule has 0 unspecified atom stereocenters. The fourth-order valence-corrected chi connectivity index (χ4v) is 4.88. The highest BCUT2D eigenvalue weighted by Gasteiger charge is 2.38. The van der Waals surface area contributed by atoms with E-state index >= 15 is 0 Å². The summed E-state index contributed by atoms with van der Waals surface area (Å²) in [5, 5.41) is 27.3. The lowest BCUT2D eigenvalue weighted by molar-refractivity contribution is -0.268. The number of benzene rings is 2. The van der Waals surface area contributed by atoms with Gasteiger partial charge in [-0.05, 0) is 40.6 Å². The van der Waals surface area contributed by atoms with Gasteiger partial charge in [0.15, 0.2) is 6.29 Å². The van der Waals surface area contributed by atoms with Crippen molar-refractivity contribution in [1.82, 2.24) is 25.5 Å². The highest BCUT2D eigenvalue weighted by molar-refractivity contribution is 7.99. The van der Waals surface area contributed by atoms with Crippen molar-refractivity contribution in [2.24, 2.45) is 13.0 Å². The highest BCUT2D eigenvalue weighted by Crippen LogP contribution is 2.42. The van der Waals surface area contributed by atoms with Crippen molar-refractivity contribution in [2.75, 3.05) is 17.6 Å². The molecule has 1 fully saturated rings. The molecule has 3 N–H and O–H groups in total. The predicted molar refractivity (Wildman–Crippen MR) is 132 cm³/mol. The maximum absolute atomic E-state index is 11.8. The quantitative estimate of drug-likeness (QED) is 0.404. The van der Waals surface area contributed by atoms with Crippen molar-refractivity contribution in [3.05, 3.63) is 65.2 Å². The smallest absolute Gasteiger partial charge is 0.319 e. The number of rotatable bonds is 8. The number of carbonyl (C=O) groups excluding carboxylic acids is 1.